The molecule has 1 aromatic heterocycles. The van der Waals surface area contributed by atoms with Gasteiger partial charge >= 0.3 is 0 Å². The van der Waals surface area contributed by atoms with Gasteiger partial charge in [0.05, 0.1) is 11.6 Å². The second-order valence-corrected chi connectivity index (χ2v) is 10.1. The van der Waals surface area contributed by atoms with Gasteiger partial charge in [-0.3, -0.25) is 9.59 Å². The molecule has 0 unspecified atom stereocenters. The van der Waals surface area contributed by atoms with Crippen molar-refractivity contribution >= 4 is 23.2 Å². The average molecular weight is 513 g/mol. The van der Waals surface area contributed by atoms with E-state index < -0.39 is 23.6 Å². The summed E-state index contributed by atoms with van der Waals surface area (Å²) < 4.78 is 34.4. The van der Waals surface area contributed by atoms with Crippen molar-refractivity contribution in [3.8, 4) is 5.75 Å². The first-order valence-corrected chi connectivity index (χ1v) is 13.0. The summed E-state index contributed by atoms with van der Waals surface area (Å²) >= 11 is 1.62. The van der Waals surface area contributed by atoms with E-state index in [1.807, 2.05) is 25.3 Å². The van der Waals surface area contributed by atoms with E-state index in [1.165, 1.54) is 34.0 Å². The molecule has 5 nitrogen and oxygen atoms in total. The van der Waals surface area contributed by atoms with Crippen LogP contribution in [0.3, 0.4) is 0 Å². The van der Waals surface area contributed by atoms with Crippen LogP contribution in [0.5, 0.6) is 5.75 Å². The fourth-order valence-electron chi connectivity index (χ4n) is 4.39. The minimum Gasteiger partial charge on any atom is -0.488 e. The molecule has 0 aliphatic carbocycles. The number of hydrogen-bond acceptors (Lipinski definition) is 4. The number of benzene rings is 2. The van der Waals surface area contributed by atoms with Crippen molar-refractivity contribution in [3.05, 3.63) is 87.6 Å². The number of fused-ring (bicyclic) bond motifs is 1. The maximum atomic E-state index is 14.4. The summed E-state index contributed by atoms with van der Waals surface area (Å²) in [7, 11) is 0. The monoisotopic (exact) mass is 512 g/mol. The van der Waals surface area contributed by atoms with Gasteiger partial charge in [0.1, 0.15) is 19.0 Å². The number of nitrogens with zero attached hydrogens (tertiary/aromatic N) is 2. The third-order valence-electron chi connectivity index (χ3n) is 6.60. The van der Waals surface area contributed by atoms with Gasteiger partial charge in [0, 0.05) is 18.0 Å². The van der Waals surface area contributed by atoms with Crippen LogP contribution in [-0.2, 0) is 11.2 Å². The van der Waals surface area contributed by atoms with Crippen LogP contribution in [0, 0.1) is 17.6 Å². The highest BCUT2D eigenvalue weighted by Gasteiger charge is 2.34. The van der Waals surface area contributed by atoms with E-state index in [4.69, 9.17) is 4.74 Å². The quantitative estimate of drug-likeness (QED) is 0.369. The van der Waals surface area contributed by atoms with E-state index in [9.17, 15) is 18.4 Å². The predicted octanol–water partition coefficient (Wildman–Crippen LogP) is 5.72. The number of thiophene rings is 1. The van der Waals surface area contributed by atoms with Crippen molar-refractivity contribution in [2.24, 2.45) is 5.92 Å². The summed E-state index contributed by atoms with van der Waals surface area (Å²) in [5, 5.41) is 1.98. The van der Waals surface area contributed by atoms with Gasteiger partial charge in [-0.15, -0.1) is 11.3 Å². The molecule has 0 radical (unpaired) electrons. The van der Waals surface area contributed by atoms with Crippen molar-refractivity contribution < 1.29 is 23.1 Å². The Balaban J connectivity index is 1.56. The van der Waals surface area contributed by atoms with Gasteiger partial charge in [-0.25, -0.2) is 8.78 Å². The number of rotatable bonds is 9. The normalized spacial score (nSPS) is 15.8. The van der Waals surface area contributed by atoms with Gasteiger partial charge in [0.2, 0.25) is 5.91 Å². The fraction of sp³-hybridized carbons (Fsp3) is 0.357. The SMILES string of the molecule is CC[C@H](C)CN(CC(=O)N1CCc2sccc2[C@@H]1COc1ccccc1F)C(=O)c1ccccc1F. The molecular weight excluding hydrogens is 482 g/mol. The molecule has 2 atom stereocenters. The summed E-state index contributed by atoms with van der Waals surface area (Å²) in [5.41, 5.74) is 0.927. The van der Waals surface area contributed by atoms with E-state index >= 15 is 0 Å². The number of halogens is 2. The van der Waals surface area contributed by atoms with Crippen LogP contribution in [0.15, 0.2) is 60.0 Å². The first-order valence-electron chi connectivity index (χ1n) is 12.2. The molecule has 2 amide bonds. The topological polar surface area (TPSA) is 49.9 Å². The Morgan fingerprint density at radius 3 is 2.56 bits per heavy atom. The Labute approximate surface area is 214 Å². The lowest BCUT2D eigenvalue weighted by Crippen LogP contribution is -2.48. The molecule has 1 aliphatic rings. The summed E-state index contributed by atoms with van der Waals surface area (Å²) in [6.45, 7) is 4.72. The number of carbonyl (C=O) groups is 2. The Kier molecular flexibility index (Phi) is 8.36. The Hall–Kier alpha value is -3.26. The molecule has 2 heterocycles. The molecule has 0 N–H and O–H groups in total. The number of carbonyl (C=O) groups excluding carboxylic acids is 2. The molecule has 0 saturated carbocycles. The van der Waals surface area contributed by atoms with Gasteiger partial charge in [0.15, 0.2) is 11.6 Å². The maximum absolute atomic E-state index is 14.4. The molecule has 3 aromatic rings. The molecule has 8 heteroatoms. The van der Waals surface area contributed by atoms with Crippen LogP contribution in [0.4, 0.5) is 8.78 Å². The van der Waals surface area contributed by atoms with Crippen LogP contribution < -0.4 is 4.74 Å². The Morgan fingerprint density at radius 1 is 1.11 bits per heavy atom. The zero-order valence-electron chi connectivity index (χ0n) is 20.5. The lowest BCUT2D eigenvalue weighted by atomic mass is 10.00. The second-order valence-electron chi connectivity index (χ2n) is 9.07. The lowest BCUT2D eigenvalue weighted by molar-refractivity contribution is -0.135. The molecule has 4 rings (SSSR count). The predicted molar refractivity (Wildman–Crippen MR) is 136 cm³/mol. The molecule has 0 fully saturated rings. The van der Waals surface area contributed by atoms with E-state index in [-0.39, 0.29) is 36.3 Å². The van der Waals surface area contributed by atoms with Crippen molar-refractivity contribution in [1.82, 2.24) is 9.80 Å². The molecular formula is C28H30F2N2O3S. The first-order chi connectivity index (χ1) is 17.4. The smallest absolute Gasteiger partial charge is 0.257 e. The minimum absolute atomic E-state index is 0.0493. The third-order valence-corrected chi connectivity index (χ3v) is 7.59. The van der Waals surface area contributed by atoms with Gasteiger partial charge in [0.25, 0.3) is 5.91 Å². The third kappa shape index (κ3) is 5.75. The van der Waals surface area contributed by atoms with Gasteiger partial charge in [-0.05, 0) is 53.6 Å². The van der Waals surface area contributed by atoms with E-state index in [0.29, 0.717) is 19.5 Å². The molecule has 190 valence electrons. The summed E-state index contributed by atoms with van der Waals surface area (Å²) in [5.74, 6) is -1.57. The summed E-state index contributed by atoms with van der Waals surface area (Å²) in [6.07, 6.45) is 1.51. The summed E-state index contributed by atoms with van der Waals surface area (Å²) in [6, 6.07) is 13.5. The highest BCUT2D eigenvalue weighted by Crippen LogP contribution is 2.34. The van der Waals surface area contributed by atoms with Crippen LogP contribution in [0.1, 0.15) is 47.1 Å². The first kappa shape index (κ1) is 25.8. The highest BCUT2D eigenvalue weighted by molar-refractivity contribution is 7.10. The molecule has 0 spiro atoms. The Bertz CT molecular complexity index is 1210. The number of amides is 2. The molecule has 36 heavy (non-hydrogen) atoms. The lowest BCUT2D eigenvalue weighted by Gasteiger charge is -2.37. The zero-order chi connectivity index (χ0) is 25.7. The largest absolute Gasteiger partial charge is 0.488 e. The minimum atomic E-state index is -0.610. The van der Waals surface area contributed by atoms with Gasteiger partial charge < -0.3 is 14.5 Å². The second kappa shape index (κ2) is 11.6. The Morgan fingerprint density at radius 2 is 1.83 bits per heavy atom. The van der Waals surface area contributed by atoms with Crippen LogP contribution in [0.2, 0.25) is 0 Å². The van der Waals surface area contributed by atoms with E-state index in [1.54, 1.807) is 40.5 Å². The highest BCUT2D eigenvalue weighted by atomic mass is 32.1. The fourth-order valence-corrected chi connectivity index (χ4v) is 5.32. The van der Waals surface area contributed by atoms with Gasteiger partial charge in [-0.2, -0.15) is 0 Å². The summed E-state index contributed by atoms with van der Waals surface area (Å²) in [4.78, 5) is 31.2. The van der Waals surface area contributed by atoms with Crippen LogP contribution >= 0.6 is 11.3 Å². The van der Waals surface area contributed by atoms with Crippen molar-refractivity contribution in [2.45, 2.75) is 32.7 Å². The van der Waals surface area contributed by atoms with E-state index in [2.05, 4.69) is 0 Å². The number of para-hydroxylation sites is 1. The molecule has 0 bridgehead atoms. The van der Waals surface area contributed by atoms with Crippen molar-refractivity contribution in [1.29, 1.82) is 0 Å². The van der Waals surface area contributed by atoms with Crippen LogP contribution in [0.25, 0.3) is 0 Å². The van der Waals surface area contributed by atoms with Crippen molar-refractivity contribution in [2.75, 3.05) is 26.2 Å². The van der Waals surface area contributed by atoms with Crippen LogP contribution in [-0.4, -0.2) is 47.9 Å². The average Bonchev–Trinajstić information content (AvgIpc) is 3.36. The standard InChI is InChI=1S/C28H30F2N2O3S/c1-3-19(2)16-31(28(34)20-8-4-5-9-22(20)29)17-27(33)32-14-12-26-21(13-15-36-26)24(32)18-35-25-11-7-6-10-23(25)30/h4-11,13,15,19,24H,3,12,14,16-18H2,1-2H3/t19-,24-/m0/s1. The maximum Gasteiger partial charge on any atom is 0.257 e. The van der Waals surface area contributed by atoms with Crippen molar-refractivity contribution in [3.63, 3.8) is 0 Å². The zero-order valence-corrected chi connectivity index (χ0v) is 21.3. The number of hydrogen-bond donors (Lipinski definition) is 0. The molecule has 2 aromatic carbocycles. The van der Waals surface area contributed by atoms with Gasteiger partial charge in [-0.1, -0.05) is 44.5 Å². The molecule has 0 saturated heterocycles. The van der Waals surface area contributed by atoms with E-state index in [0.717, 1.165) is 12.0 Å². The molecule has 1 aliphatic heterocycles. The number of ether oxygens (including phenoxy) is 1.